The highest BCUT2D eigenvalue weighted by Crippen LogP contribution is 2.52. The maximum absolute atomic E-state index is 12.7. The van der Waals surface area contributed by atoms with E-state index in [1.807, 2.05) is 0 Å². The lowest BCUT2D eigenvalue weighted by Crippen LogP contribution is -2.48. The van der Waals surface area contributed by atoms with Gasteiger partial charge in [0.05, 0.1) is 43.3 Å². The van der Waals surface area contributed by atoms with Gasteiger partial charge in [-0.3, -0.25) is 4.57 Å². The molecule has 0 bridgehead atoms. The average Bonchev–Trinajstić information content (AvgIpc) is 2.87. The van der Waals surface area contributed by atoms with Crippen LogP contribution in [0.25, 0.3) is 0 Å². The Morgan fingerprint density at radius 1 is 0.974 bits per heavy atom. The first kappa shape index (κ1) is 32.4. The number of hydrogen-bond acceptors (Lipinski definition) is 8. The first-order chi connectivity index (χ1) is 17.9. The zero-order valence-electron chi connectivity index (χ0n) is 23.2. The Morgan fingerprint density at radius 3 is 2.29 bits per heavy atom. The second kappa shape index (κ2) is 15.2. The minimum Gasteiger partial charge on any atom is -0.391 e. The number of aliphatic hydroxyl groups excluding tert-OH is 2. The Kier molecular flexibility index (Phi) is 13.0. The van der Waals surface area contributed by atoms with Gasteiger partial charge >= 0.3 is 0 Å². The molecule has 0 spiro atoms. The molecule has 3 aliphatic rings. The summed E-state index contributed by atoms with van der Waals surface area (Å²) in [5.74, 6) is 0.568. The lowest BCUT2D eigenvalue weighted by Gasteiger charge is -2.33. The SMILES string of the molecule is C[C@H](CC1CCC(OCP(=O)(O)C2CCCCC2)CC1)NCC(O)COC1CCC(O)C(NS(C)(=O)=O)C1. The largest absolute Gasteiger partial charge is 0.391 e. The molecule has 5 unspecified atom stereocenters. The van der Waals surface area contributed by atoms with Crippen molar-refractivity contribution in [1.82, 2.24) is 10.0 Å². The van der Waals surface area contributed by atoms with Crippen LogP contribution in [-0.4, -0.2) is 91.4 Å². The number of sulfonamides is 1. The van der Waals surface area contributed by atoms with E-state index in [0.717, 1.165) is 64.0 Å². The predicted octanol–water partition coefficient (Wildman–Crippen LogP) is 2.70. The molecule has 0 amide bonds. The lowest BCUT2D eigenvalue weighted by atomic mass is 9.83. The minimum absolute atomic E-state index is 0.00122. The third-order valence-electron chi connectivity index (χ3n) is 8.48. The van der Waals surface area contributed by atoms with Crippen LogP contribution in [0.15, 0.2) is 0 Å². The molecule has 0 aromatic heterocycles. The number of rotatable bonds is 14. The van der Waals surface area contributed by atoms with E-state index >= 15 is 0 Å². The van der Waals surface area contributed by atoms with Crippen LogP contribution >= 0.6 is 7.37 Å². The van der Waals surface area contributed by atoms with Crippen molar-refractivity contribution in [3.05, 3.63) is 0 Å². The molecule has 3 saturated carbocycles. The summed E-state index contributed by atoms with van der Waals surface area (Å²) < 4.78 is 50.0. The van der Waals surface area contributed by atoms with Crippen molar-refractivity contribution in [2.75, 3.05) is 25.8 Å². The molecule has 0 radical (unpaired) electrons. The van der Waals surface area contributed by atoms with E-state index in [-0.39, 0.29) is 36.9 Å². The van der Waals surface area contributed by atoms with Gasteiger partial charge in [-0.25, -0.2) is 13.1 Å². The zero-order chi connectivity index (χ0) is 27.8. The Labute approximate surface area is 229 Å². The van der Waals surface area contributed by atoms with Gasteiger partial charge in [0.25, 0.3) is 0 Å². The van der Waals surface area contributed by atoms with Crippen molar-refractivity contribution in [3.63, 3.8) is 0 Å². The fourth-order valence-corrected chi connectivity index (χ4v) is 8.84. The molecule has 0 aromatic rings. The van der Waals surface area contributed by atoms with Gasteiger partial charge in [-0.1, -0.05) is 19.3 Å². The molecule has 10 nitrogen and oxygen atoms in total. The number of hydrogen-bond donors (Lipinski definition) is 5. The van der Waals surface area contributed by atoms with E-state index in [2.05, 4.69) is 17.0 Å². The van der Waals surface area contributed by atoms with E-state index in [4.69, 9.17) is 9.47 Å². The monoisotopic (exact) mass is 582 g/mol. The normalized spacial score (nSPS) is 32.9. The Balaban J connectivity index is 1.26. The van der Waals surface area contributed by atoms with Gasteiger partial charge in [-0.05, 0) is 77.0 Å². The molecule has 3 rings (SSSR count). The molecule has 6 atom stereocenters. The molecule has 38 heavy (non-hydrogen) atoms. The summed E-state index contributed by atoms with van der Waals surface area (Å²) in [4.78, 5) is 10.5. The Morgan fingerprint density at radius 2 is 1.63 bits per heavy atom. The first-order valence-corrected chi connectivity index (χ1v) is 18.3. The molecule has 0 aliphatic heterocycles. The maximum Gasteiger partial charge on any atom is 0.228 e. The fourth-order valence-electron chi connectivity index (χ4n) is 6.23. The van der Waals surface area contributed by atoms with Crippen LogP contribution in [0.4, 0.5) is 0 Å². The van der Waals surface area contributed by atoms with Gasteiger partial charge in [0.15, 0.2) is 0 Å². The molecular weight excluding hydrogens is 531 g/mol. The van der Waals surface area contributed by atoms with Crippen molar-refractivity contribution in [3.8, 4) is 0 Å². The summed E-state index contributed by atoms with van der Waals surface area (Å²) in [5.41, 5.74) is -0.0790. The molecule has 224 valence electrons. The fraction of sp³-hybridized carbons (Fsp3) is 1.00. The third kappa shape index (κ3) is 11.4. The van der Waals surface area contributed by atoms with E-state index in [1.165, 1.54) is 6.42 Å². The predicted molar refractivity (Wildman–Crippen MR) is 148 cm³/mol. The molecule has 5 N–H and O–H groups in total. The molecule has 0 aromatic carbocycles. The summed E-state index contributed by atoms with van der Waals surface area (Å²) in [5, 5.41) is 23.8. The van der Waals surface area contributed by atoms with Crippen LogP contribution < -0.4 is 10.0 Å². The van der Waals surface area contributed by atoms with Crippen LogP contribution in [0, 0.1) is 5.92 Å². The third-order valence-corrected chi connectivity index (χ3v) is 11.4. The van der Waals surface area contributed by atoms with E-state index < -0.39 is 35.6 Å². The van der Waals surface area contributed by atoms with Gasteiger partial charge < -0.3 is 29.9 Å². The molecule has 3 aliphatic carbocycles. The molecule has 3 fully saturated rings. The zero-order valence-corrected chi connectivity index (χ0v) is 24.9. The van der Waals surface area contributed by atoms with Crippen molar-refractivity contribution in [1.29, 1.82) is 0 Å². The summed E-state index contributed by atoms with van der Waals surface area (Å²) in [6.45, 7) is 2.68. The summed E-state index contributed by atoms with van der Waals surface area (Å²) in [6, 6.07) is -0.325. The highest BCUT2D eigenvalue weighted by Gasteiger charge is 2.34. The number of nitrogens with one attached hydrogen (secondary N) is 2. The summed E-state index contributed by atoms with van der Waals surface area (Å²) >= 11 is 0. The quantitative estimate of drug-likeness (QED) is 0.195. The molecule has 0 saturated heterocycles. The molecular formula is C26H51N2O8PS. The van der Waals surface area contributed by atoms with Crippen LogP contribution in [0.2, 0.25) is 0 Å². The average molecular weight is 583 g/mol. The van der Waals surface area contributed by atoms with Crippen LogP contribution in [0.5, 0.6) is 0 Å². The number of aliphatic hydroxyl groups is 2. The molecule has 12 heteroatoms. The van der Waals surface area contributed by atoms with E-state index in [1.54, 1.807) is 0 Å². The van der Waals surface area contributed by atoms with Crippen molar-refractivity contribution in [2.24, 2.45) is 5.92 Å². The second-order valence-electron chi connectivity index (χ2n) is 12.0. The highest BCUT2D eigenvalue weighted by molar-refractivity contribution is 7.88. The van der Waals surface area contributed by atoms with Crippen molar-refractivity contribution in [2.45, 2.75) is 133 Å². The lowest BCUT2D eigenvalue weighted by molar-refractivity contribution is -0.0474. The first-order valence-electron chi connectivity index (χ1n) is 14.5. The Hall–Kier alpha value is -0.100. The molecule has 0 heterocycles. The van der Waals surface area contributed by atoms with Gasteiger partial charge in [-0.15, -0.1) is 0 Å². The van der Waals surface area contributed by atoms with Crippen molar-refractivity contribution < 1.29 is 37.6 Å². The van der Waals surface area contributed by atoms with Crippen LogP contribution in [0.3, 0.4) is 0 Å². The second-order valence-corrected chi connectivity index (χ2v) is 16.3. The van der Waals surface area contributed by atoms with Gasteiger partial charge in [0, 0.05) is 18.2 Å². The van der Waals surface area contributed by atoms with Crippen LogP contribution in [0.1, 0.15) is 90.4 Å². The minimum atomic E-state index is -3.41. The summed E-state index contributed by atoms with van der Waals surface area (Å²) in [7, 11) is -6.64. The highest BCUT2D eigenvalue weighted by atomic mass is 32.2. The van der Waals surface area contributed by atoms with E-state index in [9.17, 15) is 28.1 Å². The number of ether oxygens (including phenoxy) is 2. The van der Waals surface area contributed by atoms with Gasteiger partial charge in [0.2, 0.25) is 17.4 Å². The summed E-state index contributed by atoms with van der Waals surface area (Å²) in [6.07, 6.45) is 10.9. The van der Waals surface area contributed by atoms with E-state index in [0.29, 0.717) is 31.7 Å². The standard InChI is InChI=1S/C26H51N2O8PS/c1-19(27-16-21(29)17-35-23-12-13-26(30)25(15-23)28-38(2,33)34)14-20-8-10-22(11-9-20)36-18-37(31,32)24-6-4-3-5-7-24/h19-30H,3-18H2,1-2H3,(H,31,32)/t19-,20?,21?,22?,23?,25?,26?/m1/s1. The topological polar surface area (TPSA) is 154 Å². The van der Waals surface area contributed by atoms with Gasteiger partial charge in [-0.2, -0.15) is 0 Å². The van der Waals surface area contributed by atoms with Crippen LogP contribution in [-0.2, 0) is 24.1 Å². The van der Waals surface area contributed by atoms with Crippen molar-refractivity contribution >= 4 is 17.4 Å². The van der Waals surface area contributed by atoms with Gasteiger partial charge in [0.1, 0.15) is 6.35 Å². The maximum atomic E-state index is 12.7. The smallest absolute Gasteiger partial charge is 0.228 e. The Bertz CT molecular complexity index is 848.